The third-order valence-electron chi connectivity index (χ3n) is 5.21. The molecule has 0 saturated carbocycles. The molecule has 1 aliphatic heterocycles. The van der Waals surface area contributed by atoms with Gasteiger partial charge < -0.3 is 13.7 Å². The highest BCUT2D eigenvalue weighted by Gasteiger charge is 2.25. The summed E-state index contributed by atoms with van der Waals surface area (Å²) in [5, 5.41) is 0. The molecule has 4 aromatic heterocycles. The number of nitrogens with zero attached hydrogens (tertiary/aromatic N) is 6. The summed E-state index contributed by atoms with van der Waals surface area (Å²) in [6.07, 6.45) is 9.55. The maximum atomic E-state index is 12.9. The Bertz CT molecular complexity index is 1280. The van der Waals surface area contributed by atoms with Crippen LogP contribution >= 0.6 is 0 Å². The van der Waals surface area contributed by atoms with Gasteiger partial charge in [-0.3, -0.25) is 4.57 Å². The zero-order chi connectivity index (χ0) is 21.4. The molecule has 0 unspecified atom stereocenters. The summed E-state index contributed by atoms with van der Waals surface area (Å²) in [6, 6.07) is 4.04. The number of halogens is 1. The van der Waals surface area contributed by atoms with E-state index in [2.05, 4.69) is 21.1 Å². The first-order chi connectivity index (χ1) is 15.1. The molecule has 158 valence electrons. The summed E-state index contributed by atoms with van der Waals surface area (Å²) in [7, 11) is 0. The van der Waals surface area contributed by atoms with E-state index in [1.165, 1.54) is 6.08 Å². The molecule has 1 saturated heterocycles. The molecule has 5 rings (SSSR count). The van der Waals surface area contributed by atoms with E-state index < -0.39 is 5.83 Å². The van der Waals surface area contributed by atoms with Crippen LogP contribution in [0.2, 0.25) is 0 Å². The average molecular weight is 420 g/mol. The van der Waals surface area contributed by atoms with Crippen LogP contribution in [0.15, 0.2) is 53.8 Å². The van der Waals surface area contributed by atoms with Gasteiger partial charge in [-0.1, -0.05) is 6.58 Å². The molecule has 0 amide bonds. The van der Waals surface area contributed by atoms with E-state index in [4.69, 9.17) is 19.1 Å². The Morgan fingerprint density at radius 2 is 2.06 bits per heavy atom. The Kier molecular flexibility index (Phi) is 4.95. The fourth-order valence-electron chi connectivity index (χ4n) is 3.73. The normalized spacial score (nSPS) is 15.3. The smallest absolute Gasteiger partial charge is 0.237 e. The van der Waals surface area contributed by atoms with Crippen LogP contribution in [0.4, 0.5) is 4.39 Å². The monoisotopic (exact) mass is 420 g/mol. The van der Waals surface area contributed by atoms with Gasteiger partial charge in [0.15, 0.2) is 17.2 Å². The highest BCUT2D eigenvalue weighted by molar-refractivity contribution is 5.76. The third kappa shape index (κ3) is 3.79. The lowest BCUT2D eigenvalue weighted by atomic mass is 10.1. The van der Waals surface area contributed by atoms with E-state index in [1.807, 2.05) is 19.1 Å². The van der Waals surface area contributed by atoms with Gasteiger partial charge in [-0.25, -0.2) is 19.3 Å². The Morgan fingerprint density at radius 3 is 2.81 bits per heavy atom. The van der Waals surface area contributed by atoms with E-state index in [0.29, 0.717) is 36.1 Å². The molecule has 0 aliphatic carbocycles. The average Bonchev–Trinajstić information content (AvgIpc) is 3.50. The molecule has 8 nitrogen and oxygen atoms in total. The molecule has 0 aromatic carbocycles. The SMILES string of the molecule is C=C(F)C=Cc1cn(-c2ncc3nc(-c4ccc(C)o4)n(C4CCOCC4)c3n2)cn1. The lowest BCUT2D eigenvalue weighted by Crippen LogP contribution is -2.20. The molecule has 1 fully saturated rings. The van der Waals surface area contributed by atoms with Crippen LogP contribution in [0.5, 0.6) is 0 Å². The van der Waals surface area contributed by atoms with Crippen molar-refractivity contribution in [2.75, 3.05) is 13.2 Å². The number of allylic oxidation sites excluding steroid dienone is 2. The fraction of sp³-hybridized carbons (Fsp3) is 0.273. The Morgan fingerprint density at radius 1 is 1.23 bits per heavy atom. The molecule has 1 aliphatic rings. The van der Waals surface area contributed by atoms with Crippen molar-refractivity contribution in [2.45, 2.75) is 25.8 Å². The summed E-state index contributed by atoms with van der Waals surface area (Å²) >= 11 is 0. The standard InChI is InChI=1S/C22H21FN6O2/c1-14(23)3-5-16-12-28(13-25-16)22-24-11-18-20(27-22)29(17-7-9-30-10-8-17)21(26-18)19-6-4-15(2)31-19/h3-6,11-13,17H,1,7-10H2,2H3. The molecule has 0 atom stereocenters. The largest absolute Gasteiger partial charge is 0.458 e. The minimum Gasteiger partial charge on any atom is -0.458 e. The number of aromatic nitrogens is 6. The molecule has 4 aromatic rings. The van der Waals surface area contributed by atoms with Gasteiger partial charge in [0.05, 0.1) is 11.9 Å². The second kappa shape index (κ2) is 7.92. The maximum absolute atomic E-state index is 12.9. The van der Waals surface area contributed by atoms with Crippen molar-refractivity contribution >= 4 is 17.2 Å². The molecular weight excluding hydrogens is 399 g/mol. The molecule has 5 heterocycles. The van der Waals surface area contributed by atoms with Gasteiger partial charge in [-0.2, -0.15) is 4.98 Å². The van der Waals surface area contributed by atoms with Crippen molar-refractivity contribution in [3.05, 3.63) is 60.8 Å². The van der Waals surface area contributed by atoms with E-state index in [-0.39, 0.29) is 6.04 Å². The number of hydrogen-bond acceptors (Lipinski definition) is 6. The first kappa shape index (κ1) is 19.4. The lowest BCUT2D eigenvalue weighted by Gasteiger charge is -2.25. The Hall–Kier alpha value is -3.59. The topological polar surface area (TPSA) is 83.8 Å². The summed E-state index contributed by atoms with van der Waals surface area (Å²) in [6.45, 7) is 6.50. The predicted octanol–water partition coefficient (Wildman–Crippen LogP) is 4.43. The van der Waals surface area contributed by atoms with Gasteiger partial charge in [0.25, 0.3) is 0 Å². The minimum absolute atomic E-state index is 0.193. The molecule has 9 heteroatoms. The minimum atomic E-state index is -0.534. The number of rotatable bonds is 5. The molecular formula is C22H21FN6O2. The summed E-state index contributed by atoms with van der Waals surface area (Å²) in [5.74, 6) is 2.17. The van der Waals surface area contributed by atoms with Crippen molar-refractivity contribution in [1.82, 2.24) is 29.1 Å². The number of hydrogen-bond donors (Lipinski definition) is 0. The van der Waals surface area contributed by atoms with Gasteiger partial charge in [-0.15, -0.1) is 0 Å². The van der Waals surface area contributed by atoms with Gasteiger partial charge >= 0.3 is 0 Å². The number of ether oxygens (including phenoxy) is 1. The summed E-state index contributed by atoms with van der Waals surface area (Å²) < 4.78 is 28.1. The molecule has 31 heavy (non-hydrogen) atoms. The Labute approximate surface area is 177 Å². The van der Waals surface area contributed by atoms with Gasteiger partial charge in [-0.05, 0) is 44.1 Å². The van der Waals surface area contributed by atoms with E-state index in [0.717, 1.165) is 30.1 Å². The van der Waals surface area contributed by atoms with Crippen LogP contribution in [-0.2, 0) is 4.74 Å². The van der Waals surface area contributed by atoms with E-state index in [1.54, 1.807) is 29.4 Å². The number of aryl methyl sites for hydroxylation is 1. The van der Waals surface area contributed by atoms with Crippen molar-refractivity contribution < 1.29 is 13.5 Å². The zero-order valence-electron chi connectivity index (χ0n) is 17.0. The first-order valence-corrected chi connectivity index (χ1v) is 10.0. The van der Waals surface area contributed by atoms with Crippen molar-refractivity contribution in [2.24, 2.45) is 0 Å². The number of fused-ring (bicyclic) bond motifs is 1. The fourth-order valence-corrected chi connectivity index (χ4v) is 3.73. The predicted molar refractivity (Wildman–Crippen MR) is 113 cm³/mol. The number of furan rings is 1. The first-order valence-electron chi connectivity index (χ1n) is 10.0. The second-order valence-electron chi connectivity index (χ2n) is 7.42. The highest BCUT2D eigenvalue weighted by Crippen LogP contribution is 2.33. The maximum Gasteiger partial charge on any atom is 0.237 e. The molecule has 0 bridgehead atoms. The quantitative estimate of drug-likeness (QED) is 0.444. The summed E-state index contributed by atoms with van der Waals surface area (Å²) in [5.41, 5.74) is 1.99. The van der Waals surface area contributed by atoms with Crippen LogP contribution in [0, 0.1) is 6.92 Å². The van der Waals surface area contributed by atoms with Crippen LogP contribution in [0.25, 0.3) is 34.8 Å². The third-order valence-corrected chi connectivity index (χ3v) is 5.21. The van der Waals surface area contributed by atoms with Crippen LogP contribution in [0.1, 0.15) is 30.3 Å². The van der Waals surface area contributed by atoms with Gasteiger partial charge in [0.1, 0.15) is 23.4 Å². The molecule has 0 N–H and O–H groups in total. The highest BCUT2D eigenvalue weighted by atomic mass is 19.1. The second-order valence-corrected chi connectivity index (χ2v) is 7.42. The zero-order valence-corrected chi connectivity index (χ0v) is 17.0. The van der Waals surface area contributed by atoms with E-state index >= 15 is 0 Å². The molecule has 0 radical (unpaired) electrons. The van der Waals surface area contributed by atoms with Crippen LogP contribution in [-0.4, -0.2) is 42.3 Å². The van der Waals surface area contributed by atoms with Crippen molar-refractivity contribution in [3.8, 4) is 17.5 Å². The Balaban J connectivity index is 1.61. The van der Waals surface area contributed by atoms with Crippen molar-refractivity contribution in [1.29, 1.82) is 0 Å². The van der Waals surface area contributed by atoms with Crippen molar-refractivity contribution in [3.63, 3.8) is 0 Å². The lowest BCUT2D eigenvalue weighted by molar-refractivity contribution is 0.0707. The van der Waals surface area contributed by atoms with E-state index in [9.17, 15) is 4.39 Å². The number of imidazole rings is 2. The van der Waals surface area contributed by atoms with Gasteiger partial charge in [0, 0.05) is 25.5 Å². The van der Waals surface area contributed by atoms with Crippen LogP contribution < -0.4 is 0 Å². The van der Waals surface area contributed by atoms with Crippen LogP contribution in [0.3, 0.4) is 0 Å². The summed E-state index contributed by atoms with van der Waals surface area (Å²) in [4.78, 5) is 18.3. The van der Waals surface area contributed by atoms with Gasteiger partial charge in [0.2, 0.25) is 5.95 Å². The molecule has 0 spiro atoms.